The van der Waals surface area contributed by atoms with Crippen molar-refractivity contribution in [2.45, 2.75) is 63.8 Å². The second kappa shape index (κ2) is 12.2. The number of fused-ring (bicyclic) bond motifs is 4. The minimum absolute atomic E-state index is 0.0659. The van der Waals surface area contributed by atoms with Crippen molar-refractivity contribution in [1.29, 1.82) is 0 Å². The van der Waals surface area contributed by atoms with Gasteiger partial charge in [-0.25, -0.2) is 13.6 Å². The topological polar surface area (TPSA) is 101 Å². The summed E-state index contributed by atoms with van der Waals surface area (Å²) in [6, 6.07) is 8.20. The second-order valence-electron chi connectivity index (χ2n) is 12.6. The monoisotopic (exact) mass is 620 g/mol. The third-order valence-electron chi connectivity index (χ3n) is 9.78. The third kappa shape index (κ3) is 5.61. The number of alkyl halides is 1. The van der Waals surface area contributed by atoms with Gasteiger partial charge in [-0.15, -0.1) is 0 Å². The lowest BCUT2D eigenvalue weighted by Crippen LogP contribution is -2.46. The number of methoxy groups -OCH3 is 1. The van der Waals surface area contributed by atoms with Crippen LogP contribution >= 0.6 is 0 Å². The highest BCUT2D eigenvalue weighted by Gasteiger charge is 2.36. The van der Waals surface area contributed by atoms with E-state index in [0.717, 1.165) is 38.8 Å². The minimum Gasteiger partial charge on any atom is -0.508 e. The van der Waals surface area contributed by atoms with Gasteiger partial charge in [0.15, 0.2) is 5.82 Å². The van der Waals surface area contributed by atoms with Crippen LogP contribution in [-0.4, -0.2) is 78.2 Å². The summed E-state index contributed by atoms with van der Waals surface area (Å²) in [5.41, 5.74) is 0.549. The average molecular weight is 621 g/mol. The molecule has 4 aliphatic heterocycles. The van der Waals surface area contributed by atoms with E-state index in [4.69, 9.17) is 13.9 Å². The fourth-order valence-corrected chi connectivity index (χ4v) is 7.65. The van der Waals surface area contributed by atoms with Crippen LogP contribution in [0.5, 0.6) is 11.8 Å². The Kier molecular flexibility index (Phi) is 8.07. The zero-order chi connectivity index (χ0) is 31.2. The quantitative estimate of drug-likeness (QED) is 0.306. The molecule has 2 aromatic heterocycles. The standard InChI is InChI=1S/C27H26FN3O5.C7H12FN/c1-14-23-22(25(30-27(29-23)34-2)31-9-8-20-16(13-31)6-4-10-35-20)26(33)36-24(14)18-12-17(32)11-15-5-3-7-19(28)21(15)18;8-6-4-7-2-1-3-9(7)5-6/h3,5,7,11-12,16,20,32H,4,6,8-10,13H2,1-2H3;6-7H,1-5H2. The molecule has 0 saturated carbocycles. The summed E-state index contributed by atoms with van der Waals surface area (Å²) in [6.45, 7) is 5.80. The number of hydrogen-bond acceptors (Lipinski definition) is 9. The fourth-order valence-electron chi connectivity index (χ4n) is 7.65. The van der Waals surface area contributed by atoms with E-state index in [0.29, 0.717) is 53.9 Å². The van der Waals surface area contributed by atoms with Crippen LogP contribution in [0.3, 0.4) is 0 Å². The van der Waals surface area contributed by atoms with Crippen molar-refractivity contribution in [2.75, 3.05) is 44.8 Å². The Balaban J connectivity index is 0.000000308. The Bertz CT molecular complexity index is 1790. The van der Waals surface area contributed by atoms with E-state index in [9.17, 15) is 18.7 Å². The van der Waals surface area contributed by atoms with Crippen LogP contribution in [0.4, 0.5) is 14.6 Å². The van der Waals surface area contributed by atoms with E-state index in [1.807, 2.05) is 0 Å². The Hall–Kier alpha value is -3.83. The molecule has 4 atom stereocenters. The predicted octanol–water partition coefficient (Wildman–Crippen LogP) is 5.76. The number of rotatable bonds is 3. The van der Waals surface area contributed by atoms with E-state index in [1.54, 1.807) is 19.1 Å². The highest BCUT2D eigenvalue weighted by molar-refractivity contribution is 6.00. The number of phenolic OH excluding ortho intramolecular Hbond substituents is 1. The van der Waals surface area contributed by atoms with Crippen molar-refractivity contribution in [3.63, 3.8) is 0 Å². The van der Waals surface area contributed by atoms with Crippen molar-refractivity contribution in [3.05, 3.63) is 52.1 Å². The Morgan fingerprint density at radius 3 is 2.76 bits per heavy atom. The van der Waals surface area contributed by atoms with Crippen LogP contribution in [-0.2, 0) is 4.74 Å². The molecule has 0 aliphatic carbocycles. The summed E-state index contributed by atoms with van der Waals surface area (Å²) in [5.74, 6) is 0.422. The maximum atomic E-state index is 14.9. The number of hydrogen-bond donors (Lipinski definition) is 1. The summed E-state index contributed by atoms with van der Waals surface area (Å²) in [5, 5.41) is 11.3. The molecule has 238 valence electrons. The first-order chi connectivity index (χ1) is 21.8. The molecule has 4 aromatic rings. The number of halogens is 2. The molecule has 4 saturated heterocycles. The van der Waals surface area contributed by atoms with Gasteiger partial charge in [-0.3, -0.25) is 4.90 Å². The van der Waals surface area contributed by atoms with Crippen molar-refractivity contribution < 1.29 is 27.8 Å². The zero-order valence-corrected chi connectivity index (χ0v) is 25.6. The number of anilines is 1. The van der Waals surface area contributed by atoms with E-state index in [1.165, 1.54) is 38.2 Å². The molecule has 2 aromatic carbocycles. The Morgan fingerprint density at radius 1 is 1.07 bits per heavy atom. The summed E-state index contributed by atoms with van der Waals surface area (Å²) < 4.78 is 44.7. The highest BCUT2D eigenvalue weighted by Crippen LogP contribution is 2.39. The van der Waals surface area contributed by atoms with Crippen LogP contribution in [0, 0.1) is 18.7 Å². The normalized spacial score (nSPS) is 24.8. The highest BCUT2D eigenvalue weighted by atomic mass is 19.1. The summed E-state index contributed by atoms with van der Waals surface area (Å²) in [4.78, 5) is 26.9. The molecule has 6 heterocycles. The summed E-state index contributed by atoms with van der Waals surface area (Å²) in [6.07, 6.45) is 5.96. The zero-order valence-electron chi connectivity index (χ0n) is 25.6. The molecule has 1 N–H and O–H groups in total. The SMILES string of the molecule is COc1nc(N2CCC3OCCCC3C2)c2c(=O)oc(-c3cc(O)cc4cccc(F)c34)c(C)c2n1.FC1CC2CCCN2C1. The van der Waals surface area contributed by atoms with Gasteiger partial charge in [0, 0.05) is 54.7 Å². The lowest BCUT2D eigenvalue weighted by Gasteiger charge is -2.41. The second-order valence-corrected chi connectivity index (χ2v) is 12.6. The maximum absolute atomic E-state index is 14.9. The number of aryl methyl sites for hydroxylation is 1. The molecule has 0 amide bonds. The number of piperidine rings is 1. The molecule has 4 fully saturated rings. The van der Waals surface area contributed by atoms with Crippen LogP contribution in [0.25, 0.3) is 33.0 Å². The molecular formula is C34H38F2N4O5. The van der Waals surface area contributed by atoms with E-state index in [-0.39, 0.29) is 40.0 Å². The smallest absolute Gasteiger partial charge is 0.349 e. The average Bonchev–Trinajstić information content (AvgIpc) is 3.63. The van der Waals surface area contributed by atoms with Crippen LogP contribution in [0.15, 0.2) is 39.5 Å². The summed E-state index contributed by atoms with van der Waals surface area (Å²) >= 11 is 0. The van der Waals surface area contributed by atoms with Crippen molar-refractivity contribution in [2.24, 2.45) is 5.92 Å². The molecule has 4 aliphatic rings. The first-order valence-electron chi connectivity index (χ1n) is 15.9. The number of benzene rings is 2. The number of ether oxygens (including phenoxy) is 2. The number of phenols is 1. The van der Waals surface area contributed by atoms with Gasteiger partial charge < -0.3 is 23.9 Å². The lowest BCUT2D eigenvalue weighted by atomic mass is 9.88. The summed E-state index contributed by atoms with van der Waals surface area (Å²) in [7, 11) is 1.48. The Labute approximate surface area is 259 Å². The van der Waals surface area contributed by atoms with Crippen molar-refractivity contribution >= 4 is 27.5 Å². The minimum atomic E-state index is -0.627. The molecule has 0 radical (unpaired) electrons. The van der Waals surface area contributed by atoms with Gasteiger partial charge in [0.2, 0.25) is 0 Å². The lowest BCUT2D eigenvalue weighted by molar-refractivity contribution is -0.0357. The van der Waals surface area contributed by atoms with Crippen molar-refractivity contribution in [3.8, 4) is 23.1 Å². The van der Waals surface area contributed by atoms with Crippen LogP contribution in [0.1, 0.15) is 44.1 Å². The molecule has 8 rings (SSSR count). The maximum Gasteiger partial charge on any atom is 0.349 e. The molecule has 9 nitrogen and oxygen atoms in total. The first kappa shape index (κ1) is 29.9. The predicted molar refractivity (Wildman–Crippen MR) is 167 cm³/mol. The molecule has 11 heteroatoms. The van der Waals surface area contributed by atoms with Gasteiger partial charge in [-0.05, 0) is 75.6 Å². The first-order valence-corrected chi connectivity index (χ1v) is 15.9. The van der Waals surface area contributed by atoms with E-state index in [2.05, 4.69) is 19.8 Å². The molecular weight excluding hydrogens is 582 g/mol. The third-order valence-corrected chi connectivity index (χ3v) is 9.78. The number of aromatic nitrogens is 2. The van der Waals surface area contributed by atoms with Gasteiger partial charge in [0.1, 0.15) is 28.9 Å². The van der Waals surface area contributed by atoms with Gasteiger partial charge >= 0.3 is 11.6 Å². The van der Waals surface area contributed by atoms with Gasteiger partial charge in [-0.2, -0.15) is 9.97 Å². The molecule has 0 bridgehead atoms. The van der Waals surface area contributed by atoms with Gasteiger partial charge in [-0.1, -0.05) is 12.1 Å². The number of aromatic hydroxyl groups is 1. The van der Waals surface area contributed by atoms with Crippen LogP contribution < -0.4 is 15.3 Å². The van der Waals surface area contributed by atoms with E-state index >= 15 is 0 Å². The molecule has 4 unspecified atom stereocenters. The fraction of sp³-hybridized carbons (Fsp3) is 0.500. The van der Waals surface area contributed by atoms with Crippen molar-refractivity contribution in [1.82, 2.24) is 14.9 Å². The van der Waals surface area contributed by atoms with Crippen LogP contribution in [0.2, 0.25) is 0 Å². The Morgan fingerprint density at radius 2 is 1.93 bits per heavy atom. The van der Waals surface area contributed by atoms with Gasteiger partial charge in [0.05, 0.1) is 18.7 Å². The van der Waals surface area contributed by atoms with E-state index < -0.39 is 17.6 Å². The molecule has 0 spiro atoms. The molecule has 45 heavy (non-hydrogen) atoms. The number of nitrogens with zero attached hydrogens (tertiary/aromatic N) is 4. The largest absolute Gasteiger partial charge is 0.508 e. The van der Waals surface area contributed by atoms with Gasteiger partial charge in [0.25, 0.3) is 0 Å².